The number of anilines is 1. The van der Waals surface area contributed by atoms with Crippen LogP contribution < -0.4 is 10.6 Å². The minimum absolute atomic E-state index is 0.254. The first-order chi connectivity index (χ1) is 9.60. The van der Waals surface area contributed by atoms with Crippen molar-refractivity contribution in [3.8, 4) is 0 Å². The van der Waals surface area contributed by atoms with Crippen LogP contribution in [0.4, 0.5) is 5.69 Å². The first-order valence-electron chi connectivity index (χ1n) is 7.17. The first kappa shape index (κ1) is 14.7. The molecule has 0 amide bonds. The Morgan fingerprint density at radius 1 is 1.25 bits per heavy atom. The standard InChI is InChI=1S/C17H24N2O/c1-4-16(18)10-14-5-6-17(13(2)9-14)19(3)11-15-7-8-20-12-15/h5-9,12,16H,4,10-11,18H2,1-3H3. The van der Waals surface area contributed by atoms with Gasteiger partial charge in [-0.2, -0.15) is 0 Å². The van der Waals surface area contributed by atoms with Gasteiger partial charge in [-0.15, -0.1) is 0 Å². The van der Waals surface area contributed by atoms with Crippen molar-refractivity contribution in [2.45, 2.75) is 39.3 Å². The van der Waals surface area contributed by atoms with Gasteiger partial charge in [-0.25, -0.2) is 0 Å². The summed E-state index contributed by atoms with van der Waals surface area (Å²) in [5, 5.41) is 0. The number of hydrogen-bond donors (Lipinski definition) is 1. The molecule has 3 heteroatoms. The van der Waals surface area contributed by atoms with Gasteiger partial charge in [0.15, 0.2) is 0 Å². The van der Waals surface area contributed by atoms with Crippen molar-refractivity contribution in [2.24, 2.45) is 5.73 Å². The van der Waals surface area contributed by atoms with Crippen LogP contribution in [0.2, 0.25) is 0 Å². The molecular formula is C17H24N2O. The topological polar surface area (TPSA) is 42.4 Å². The lowest BCUT2D eigenvalue weighted by Gasteiger charge is -2.21. The number of benzene rings is 1. The van der Waals surface area contributed by atoms with Crippen LogP contribution in [0.25, 0.3) is 0 Å². The highest BCUT2D eigenvalue weighted by atomic mass is 16.3. The lowest BCUT2D eigenvalue weighted by atomic mass is 10.0. The summed E-state index contributed by atoms with van der Waals surface area (Å²) >= 11 is 0. The monoisotopic (exact) mass is 272 g/mol. The fraction of sp³-hybridized carbons (Fsp3) is 0.412. The maximum absolute atomic E-state index is 6.02. The van der Waals surface area contributed by atoms with Crippen molar-refractivity contribution in [3.05, 3.63) is 53.5 Å². The smallest absolute Gasteiger partial charge is 0.0952 e. The van der Waals surface area contributed by atoms with Crippen LogP contribution in [-0.4, -0.2) is 13.1 Å². The predicted molar refractivity (Wildman–Crippen MR) is 84.0 cm³/mol. The highest BCUT2D eigenvalue weighted by Crippen LogP contribution is 2.22. The van der Waals surface area contributed by atoms with Crippen molar-refractivity contribution >= 4 is 5.69 Å². The van der Waals surface area contributed by atoms with Crippen LogP contribution in [0.5, 0.6) is 0 Å². The molecule has 1 atom stereocenters. The van der Waals surface area contributed by atoms with Crippen molar-refractivity contribution in [1.82, 2.24) is 0 Å². The lowest BCUT2D eigenvalue weighted by molar-refractivity contribution is 0.563. The van der Waals surface area contributed by atoms with Gasteiger partial charge < -0.3 is 15.1 Å². The molecule has 2 N–H and O–H groups in total. The summed E-state index contributed by atoms with van der Waals surface area (Å²) in [4.78, 5) is 2.24. The number of hydrogen-bond acceptors (Lipinski definition) is 3. The Bertz CT molecular complexity index is 534. The second-order valence-corrected chi connectivity index (χ2v) is 5.48. The van der Waals surface area contributed by atoms with E-state index in [4.69, 9.17) is 10.2 Å². The van der Waals surface area contributed by atoms with Gasteiger partial charge in [0.05, 0.1) is 12.5 Å². The second kappa shape index (κ2) is 6.62. The molecule has 0 aliphatic heterocycles. The average Bonchev–Trinajstić information content (AvgIpc) is 2.91. The molecule has 2 rings (SSSR count). The molecule has 1 aromatic carbocycles. The molecule has 0 aliphatic rings. The molecule has 0 spiro atoms. The van der Waals surface area contributed by atoms with Gasteiger partial charge in [-0.05, 0) is 43.0 Å². The van der Waals surface area contributed by atoms with Crippen LogP contribution in [0, 0.1) is 6.92 Å². The van der Waals surface area contributed by atoms with E-state index >= 15 is 0 Å². The maximum atomic E-state index is 6.02. The summed E-state index contributed by atoms with van der Waals surface area (Å²) in [6.45, 7) is 5.14. The molecule has 0 aliphatic carbocycles. The second-order valence-electron chi connectivity index (χ2n) is 5.48. The van der Waals surface area contributed by atoms with Crippen LogP contribution in [0.1, 0.15) is 30.0 Å². The number of aryl methyl sites for hydroxylation is 1. The van der Waals surface area contributed by atoms with E-state index in [9.17, 15) is 0 Å². The third-order valence-corrected chi connectivity index (χ3v) is 3.69. The summed E-state index contributed by atoms with van der Waals surface area (Å²) in [6.07, 6.45) is 5.47. The van der Waals surface area contributed by atoms with E-state index in [1.54, 1.807) is 12.5 Å². The molecule has 1 heterocycles. The third kappa shape index (κ3) is 3.64. The predicted octanol–water partition coefficient (Wildman–Crippen LogP) is 3.50. The molecule has 0 saturated heterocycles. The highest BCUT2D eigenvalue weighted by Gasteiger charge is 2.08. The molecule has 20 heavy (non-hydrogen) atoms. The molecule has 0 bridgehead atoms. The summed E-state index contributed by atoms with van der Waals surface area (Å²) in [6, 6.07) is 8.87. The number of furan rings is 1. The van der Waals surface area contributed by atoms with Gasteiger partial charge in [0.1, 0.15) is 0 Å². The van der Waals surface area contributed by atoms with Gasteiger partial charge in [-0.1, -0.05) is 19.1 Å². The van der Waals surface area contributed by atoms with Crippen LogP contribution in [0.15, 0.2) is 41.2 Å². The van der Waals surface area contributed by atoms with Crippen molar-refractivity contribution in [1.29, 1.82) is 0 Å². The number of nitrogens with zero attached hydrogens (tertiary/aromatic N) is 1. The molecule has 0 fully saturated rings. The zero-order chi connectivity index (χ0) is 14.5. The van der Waals surface area contributed by atoms with E-state index in [1.165, 1.54) is 22.4 Å². The van der Waals surface area contributed by atoms with Gasteiger partial charge in [0.25, 0.3) is 0 Å². The lowest BCUT2D eigenvalue weighted by Crippen LogP contribution is -2.21. The van der Waals surface area contributed by atoms with Gasteiger partial charge in [0.2, 0.25) is 0 Å². The molecule has 1 unspecified atom stereocenters. The minimum Gasteiger partial charge on any atom is -0.472 e. The normalized spacial score (nSPS) is 12.4. The highest BCUT2D eigenvalue weighted by molar-refractivity contribution is 5.54. The quantitative estimate of drug-likeness (QED) is 0.875. The fourth-order valence-corrected chi connectivity index (χ4v) is 2.46. The molecule has 1 aromatic heterocycles. The summed E-state index contributed by atoms with van der Waals surface area (Å²) in [5.74, 6) is 0. The van der Waals surface area contributed by atoms with Crippen molar-refractivity contribution < 1.29 is 4.42 Å². The van der Waals surface area contributed by atoms with E-state index < -0.39 is 0 Å². The summed E-state index contributed by atoms with van der Waals surface area (Å²) in [5.41, 5.74) is 11.1. The van der Waals surface area contributed by atoms with E-state index in [1.807, 2.05) is 6.07 Å². The van der Waals surface area contributed by atoms with Gasteiger partial charge in [0, 0.05) is 30.9 Å². The molecule has 0 saturated carbocycles. The van der Waals surface area contributed by atoms with Crippen molar-refractivity contribution in [2.75, 3.05) is 11.9 Å². The molecule has 2 aromatic rings. The van der Waals surface area contributed by atoms with Crippen LogP contribution in [-0.2, 0) is 13.0 Å². The minimum atomic E-state index is 0.254. The summed E-state index contributed by atoms with van der Waals surface area (Å²) < 4.78 is 5.12. The van der Waals surface area contributed by atoms with Crippen LogP contribution in [0.3, 0.4) is 0 Å². The van der Waals surface area contributed by atoms with Crippen molar-refractivity contribution in [3.63, 3.8) is 0 Å². The van der Waals surface area contributed by atoms with Gasteiger partial charge >= 0.3 is 0 Å². The summed E-state index contributed by atoms with van der Waals surface area (Å²) in [7, 11) is 2.10. The Hall–Kier alpha value is -1.74. The average molecular weight is 272 g/mol. The molecule has 108 valence electrons. The van der Waals surface area contributed by atoms with E-state index in [-0.39, 0.29) is 6.04 Å². The molecule has 3 nitrogen and oxygen atoms in total. The molecule has 0 radical (unpaired) electrons. The van der Waals surface area contributed by atoms with E-state index in [0.717, 1.165) is 19.4 Å². The Balaban J connectivity index is 2.08. The Morgan fingerprint density at radius 3 is 2.65 bits per heavy atom. The molecular weight excluding hydrogens is 248 g/mol. The SMILES string of the molecule is CCC(N)Cc1ccc(N(C)Cc2ccoc2)c(C)c1. The Kier molecular flexibility index (Phi) is 4.85. The number of rotatable bonds is 6. The zero-order valence-corrected chi connectivity index (χ0v) is 12.6. The van der Waals surface area contributed by atoms with Gasteiger partial charge in [-0.3, -0.25) is 0 Å². The van der Waals surface area contributed by atoms with E-state index in [0.29, 0.717) is 0 Å². The zero-order valence-electron chi connectivity index (χ0n) is 12.6. The van der Waals surface area contributed by atoms with Crippen LogP contribution >= 0.6 is 0 Å². The Morgan fingerprint density at radius 2 is 2.05 bits per heavy atom. The van der Waals surface area contributed by atoms with E-state index in [2.05, 4.69) is 44.0 Å². The first-order valence-corrected chi connectivity index (χ1v) is 7.17. The Labute approximate surface area is 121 Å². The maximum Gasteiger partial charge on any atom is 0.0952 e. The third-order valence-electron chi connectivity index (χ3n) is 3.69. The fourth-order valence-electron chi connectivity index (χ4n) is 2.46. The largest absolute Gasteiger partial charge is 0.472 e. The number of nitrogens with two attached hydrogens (primary N) is 1.